The molecule has 1 saturated heterocycles. The van der Waals surface area contributed by atoms with Crippen LogP contribution in [-0.2, 0) is 0 Å². The molecule has 2 amide bonds. The van der Waals surface area contributed by atoms with Crippen LogP contribution in [0.3, 0.4) is 0 Å². The van der Waals surface area contributed by atoms with Crippen molar-refractivity contribution in [1.82, 2.24) is 5.32 Å². The van der Waals surface area contributed by atoms with Crippen LogP contribution < -0.4 is 15.0 Å². The number of amides is 2. The van der Waals surface area contributed by atoms with Crippen LogP contribution in [-0.4, -0.2) is 32.0 Å². The molecule has 0 atom stereocenters. The van der Waals surface area contributed by atoms with Gasteiger partial charge in [0.05, 0.1) is 23.9 Å². The fraction of sp³-hybridized carbons (Fsp3) is 0.300. The van der Waals surface area contributed by atoms with Gasteiger partial charge in [-0.1, -0.05) is 12.1 Å². The number of hydrogen-bond donors (Lipinski definition) is 1. The highest BCUT2D eigenvalue weighted by atomic mass is 19.1. The summed E-state index contributed by atoms with van der Waals surface area (Å²) in [6.07, 6.45) is 1.68. The Morgan fingerprint density at radius 1 is 1.08 bits per heavy atom. The standard InChI is InChI=1S/C20H19FN2O3/c1-26-18-10-15(12-6-8-22-9-7-12)16(21)11-17(18)23-19(24)13-4-2-3-5-14(13)20(23)25/h2-5,10-12,22H,6-9H2,1H3. The van der Waals surface area contributed by atoms with Gasteiger partial charge in [0, 0.05) is 6.07 Å². The number of piperidine rings is 1. The van der Waals surface area contributed by atoms with Crippen molar-refractivity contribution in [3.05, 3.63) is 58.9 Å². The first-order valence-electron chi connectivity index (χ1n) is 8.67. The van der Waals surface area contributed by atoms with Crippen molar-refractivity contribution >= 4 is 17.5 Å². The van der Waals surface area contributed by atoms with E-state index in [4.69, 9.17) is 4.74 Å². The first-order chi connectivity index (χ1) is 12.6. The van der Waals surface area contributed by atoms with Gasteiger partial charge in [-0.2, -0.15) is 0 Å². The Morgan fingerprint density at radius 2 is 1.69 bits per heavy atom. The molecule has 0 saturated carbocycles. The van der Waals surface area contributed by atoms with Crippen LogP contribution in [0.1, 0.15) is 45.0 Å². The predicted octanol–water partition coefficient (Wildman–Crippen LogP) is 3.10. The minimum atomic E-state index is -0.460. The van der Waals surface area contributed by atoms with Gasteiger partial charge < -0.3 is 10.1 Å². The van der Waals surface area contributed by atoms with E-state index in [9.17, 15) is 14.0 Å². The zero-order valence-corrected chi connectivity index (χ0v) is 14.4. The Kier molecular flexibility index (Phi) is 4.20. The topological polar surface area (TPSA) is 58.6 Å². The molecule has 0 spiro atoms. The Bertz CT molecular complexity index is 856. The van der Waals surface area contributed by atoms with Gasteiger partial charge >= 0.3 is 0 Å². The summed E-state index contributed by atoms with van der Waals surface area (Å²) in [4.78, 5) is 26.4. The van der Waals surface area contributed by atoms with E-state index >= 15 is 0 Å². The lowest BCUT2D eigenvalue weighted by Gasteiger charge is -2.25. The van der Waals surface area contributed by atoms with Gasteiger partial charge in [-0.05, 0) is 55.6 Å². The van der Waals surface area contributed by atoms with Gasteiger partial charge in [0.1, 0.15) is 11.6 Å². The quantitative estimate of drug-likeness (QED) is 0.861. The number of anilines is 1. The second kappa shape index (κ2) is 6.53. The fourth-order valence-corrected chi connectivity index (χ4v) is 3.75. The summed E-state index contributed by atoms with van der Waals surface area (Å²) in [5, 5.41) is 3.26. The third-order valence-corrected chi connectivity index (χ3v) is 5.11. The third-order valence-electron chi connectivity index (χ3n) is 5.11. The summed E-state index contributed by atoms with van der Waals surface area (Å²) in [6, 6.07) is 9.47. The van der Waals surface area contributed by atoms with Crippen molar-refractivity contribution in [3.8, 4) is 5.75 Å². The molecule has 0 bridgehead atoms. The minimum absolute atomic E-state index is 0.0985. The van der Waals surface area contributed by atoms with E-state index in [1.807, 2.05) is 0 Å². The van der Waals surface area contributed by atoms with Crippen LogP contribution in [0.4, 0.5) is 10.1 Å². The maximum Gasteiger partial charge on any atom is 0.266 e. The number of carbonyl (C=O) groups is 2. The summed E-state index contributed by atoms with van der Waals surface area (Å²) in [6.45, 7) is 1.68. The number of benzene rings is 2. The van der Waals surface area contributed by atoms with Crippen molar-refractivity contribution in [1.29, 1.82) is 0 Å². The Balaban J connectivity index is 1.77. The van der Waals surface area contributed by atoms with Crippen molar-refractivity contribution in [2.75, 3.05) is 25.1 Å². The SMILES string of the molecule is COc1cc(C2CCNCC2)c(F)cc1N1C(=O)c2ccccc2C1=O. The van der Waals surface area contributed by atoms with Gasteiger partial charge in [0.2, 0.25) is 0 Å². The molecule has 0 unspecified atom stereocenters. The molecule has 2 heterocycles. The average Bonchev–Trinajstić information content (AvgIpc) is 2.93. The Morgan fingerprint density at radius 3 is 2.27 bits per heavy atom. The molecule has 1 N–H and O–H groups in total. The summed E-state index contributed by atoms with van der Waals surface area (Å²) in [7, 11) is 1.46. The Labute approximate surface area is 150 Å². The average molecular weight is 354 g/mol. The van der Waals surface area contributed by atoms with Crippen molar-refractivity contribution in [2.24, 2.45) is 0 Å². The van der Waals surface area contributed by atoms with Crippen LogP contribution in [0.25, 0.3) is 0 Å². The van der Waals surface area contributed by atoms with E-state index in [-0.39, 0.29) is 11.6 Å². The normalized spacial score (nSPS) is 17.5. The molecular formula is C20H19FN2O3. The van der Waals surface area contributed by atoms with Gasteiger partial charge in [-0.15, -0.1) is 0 Å². The lowest BCUT2D eigenvalue weighted by Crippen LogP contribution is -2.30. The van der Waals surface area contributed by atoms with Crippen LogP contribution in [0, 0.1) is 5.82 Å². The van der Waals surface area contributed by atoms with Crippen LogP contribution in [0.2, 0.25) is 0 Å². The number of halogens is 1. The van der Waals surface area contributed by atoms with E-state index in [0.29, 0.717) is 22.4 Å². The molecule has 26 heavy (non-hydrogen) atoms. The second-order valence-corrected chi connectivity index (χ2v) is 6.56. The van der Waals surface area contributed by atoms with Gasteiger partial charge in [0.25, 0.3) is 11.8 Å². The number of methoxy groups -OCH3 is 1. The summed E-state index contributed by atoms with van der Waals surface area (Å²) < 4.78 is 20.3. The maximum atomic E-state index is 14.9. The van der Waals surface area contributed by atoms with E-state index in [1.165, 1.54) is 13.2 Å². The molecule has 2 aliphatic heterocycles. The number of ether oxygens (including phenoxy) is 1. The molecule has 2 aromatic carbocycles. The molecule has 5 nitrogen and oxygen atoms in total. The lowest BCUT2D eigenvalue weighted by molar-refractivity contribution is 0.0925. The largest absolute Gasteiger partial charge is 0.495 e. The zero-order valence-electron chi connectivity index (χ0n) is 14.4. The molecule has 0 aliphatic carbocycles. The van der Waals surface area contributed by atoms with Crippen LogP contribution in [0.5, 0.6) is 5.75 Å². The molecule has 0 aromatic heterocycles. The van der Waals surface area contributed by atoms with Crippen LogP contribution in [0.15, 0.2) is 36.4 Å². The van der Waals surface area contributed by atoms with Gasteiger partial charge in [0.15, 0.2) is 0 Å². The highest BCUT2D eigenvalue weighted by molar-refractivity contribution is 6.34. The summed E-state index contributed by atoms with van der Waals surface area (Å²) in [5.74, 6) is -0.907. The second-order valence-electron chi connectivity index (χ2n) is 6.56. The van der Waals surface area contributed by atoms with Gasteiger partial charge in [-0.25, -0.2) is 9.29 Å². The monoisotopic (exact) mass is 354 g/mol. The third kappa shape index (κ3) is 2.57. The van der Waals surface area contributed by atoms with E-state index in [2.05, 4.69) is 5.32 Å². The smallest absolute Gasteiger partial charge is 0.266 e. The van der Waals surface area contributed by atoms with E-state index in [1.54, 1.807) is 30.3 Å². The molecule has 2 aliphatic rings. The van der Waals surface area contributed by atoms with Crippen molar-refractivity contribution < 1.29 is 18.7 Å². The van der Waals surface area contributed by atoms with E-state index < -0.39 is 17.6 Å². The van der Waals surface area contributed by atoms with Gasteiger partial charge in [-0.3, -0.25) is 9.59 Å². The number of carbonyl (C=O) groups excluding carboxylic acids is 2. The number of nitrogens with zero attached hydrogens (tertiary/aromatic N) is 1. The highest BCUT2D eigenvalue weighted by Crippen LogP contribution is 2.39. The number of hydrogen-bond acceptors (Lipinski definition) is 4. The molecule has 6 heteroatoms. The maximum absolute atomic E-state index is 14.9. The lowest BCUT2D eigenvalue weighted by atomic mass is 9.89. The Hall–Kier alpha value is -2.73. The fourth-order valence-electron chi connectivity index (χ4n) is 3.75. The molecule has 0 radical (unpaired) electrons. The highest BCUT2D eigenvalue weighted by Gasteiger charge is 2.38. The minimum Gasteiger partial charge on any atom is -0.495 e. The number of rotatable bonds is 3. The zero-order chi connectivity index (χ0) is 18.3. The molecular weight excluding hydrogens is 335 g/mol. The summed E-state index contributed by atoms with van der Waals surface area (Å²) >= 11 is 0. The number of nitrogens with one attached hydrogen (secondary N) is 1. The molecule has 134 valence electrons. The first kappa shape index (κ1) is 16.7. The molecule has 1 fully saturated rings. The van der Waals surface area contributed by atoms with Crippen molar-refractivity contribution in [2.45, 2.75) is 18.8 Å². The van der Waals surface area contributed by atoms with Crippen molar-refractivity contribution in [3.63, 3.8) is 0 Å². The molecule has 2 aromatic rings. The summed E-state index contributed by atoms with van der Waals surface area (Å²) in [5.41, 5.74) is 1.36. The molecule has 4 rings (SSSR count). The predicted molar refractivity (Wildman–Crippen MR) is 95.4 cm³/mol. The van der Waals surface area contributed by atoms with E-state index in [0.717, 1.165) is 30.8 Å². The first-order valence-corrected chi connectivity index (χ1v) is 8.67. The van der Waals surface area contributed by atoms with Crippen LogP contribution >= 0.6 is 0 Å². The number of imide groups is 1. The number of fused-ring (bicyclic) bond motifs is 1.